The lowest BCUT2D eigenvalue weighted by atomic mass is 10.0. The minimum atomic E-state index is -0.457. The molecule has 0 bridgehead atoms. The van der Waals surface area contributed by atoms with Crippen molar-refractivity contribution in [3.05, 3.63) is 45.1 Å². The van der Waals surface area contributed by atoms with Gasteiger partial charge in [-0.15, -0.1) is 0 Å². The minimum Gasteiger partial charge on any atom is -0.431 e. The van der Waals surface area contributed by atoms with E-state index in [1.54, 1.807) is 7.05 Å². The molecule has 1 atom stereocenters. The number of rotatable bonds is 5. The van der Waals surface area contributed by atoms with Crippen molar-refractivity contribution in [2.75, 3.05) is 23.7 Å². The number of hydrogen-bond acceptors (Lipinski definition) is 7. The smallest absolute Gasteiger partial charge is 0.329 e. The van der Waals surface area contributed by atoms with Crippen molar-refractivity contribution in [3.63, 3.8) is 0 Å². The van der Waals surface area contributed by atoms with E-state index in [1.165, 1.54) is 22.7 Å². The molecule has 4 heterocycles. The summed E-state index contributed by atoms with van der Waals surface area (Å²) in [5.74, 6) is 1.95. The number of imidazole rings is 1. The lowest BCUT2D eigenvalue weighted by Crippen LogP contribution is -2.36. The maximum Gasteiger partial charge on any atom is 0.329 e. The van der Waals surface area contributed by atoms with Gasteiger partial charge in [0.25, 0.3) is 10.8 Å². The fourth-order valence-electron chi connectivity index (χ4n) is 4.18. The summed E-state index contributed by atoms with van der Waals surface area (Å²) >= 11 is 1.50. The number of nitrogens with zero attached hydrogens (tertiary/aromatic N) is 5. The van der Waals surface area contributed by atoms with E-state index in [2.05, 4.69) is 21.8 Å². The molecule has 0 aliphatic carbocycles. The summed E-state index contributed by atoms with van der Waals surface area (Å²) in [5.41, 5.74) is 1.55. The van der Waals surface area contributed by atoms with E-state index >= 15 is 0 Å². The number of oxazole rings is 1. The number of benzene rings is 1. The molecular formula is C21H24N6O3S. The van der Waals surface area contributed by atoms with Gasteiger partial charge in [-0.3, -0.25) is 14.3 Å². The Balaban J connectivity index is 1.49. The van der Waals surface area contributed by atoms with Crippen LogP contribution in [-0.2, 0) is 13.6 Å². The largest absolute Gasteiger partial charge is 0.431 e. The van der Waals surface area contributed by atoms with Crippen LogP contribution in [-0.4, -0.2) is 42.9 Å². The van der Waals surface area contributed by atoms with Gasteiger partial charge in [-0.25, -0.2) is 9.78 Å². The van der Waals surface area contributed by atoms with Gasteiger partial charge in [0.1, 0.15) is 5.52 Å². The highest BCUT2D eigenvalue weighted by atomic mass is 32.2. The molecule has 9 nitrogen and oxygen atoms in total. The van der Waals surface area contributed by atoms with E-state index in [4.69, 9.17) is 9.40 Å². The number of aryl methyl sites for hydroxylation is 2. The van der Waals surface area contributed by atoms with Crippen LogP contribution >= 0.6 is 11.8 Å². The maximum absolute atomic E-state index is 12.7. The van der Waals surface area contributed by atoms with E-state index in [1.807, 2.05) is 28.8 Å². The van der Waals surface area contributed by atoms with Gasteiger partial charge in [0.15, 0.2) is 16.7 Å². The Morgan fingerprint density at radius 2 is 2.10 bits per heavy atom. The number of thioether (sulfide) groups is 1. The van der Waals surface area contributed by atoms with Crippen LogP contribution in [0, 0.1) is 5.92 Å². The second-order valence-corrected chi connectivity index (χ2v) is 9.09. The zero-order valence-electron chi connectivity index (χ0n) is 17.5. The lowest BCUT2D eigenvalue weighted by molar-refractivity contribution is 0.438. The molecule has 0 spiro atoms. The monoisotopic (exact) mass is 440 g/mol. The van der Waals surface area contributed by atoms with Crippen LogP contribution in [0.5, 0.6) is 0 Å². The van der Waals surface area contributed by atoms with E-state index in [-0.39, 0.29) is 0 Å². The highest BCUT2D eigenvalue weighted by Gasteiger charge is 2.25. The first-order valence-corrected chi connectivity index (χ1v) is 11.4. The van der Waals surface area contributed by atoms with Gasteiger partial charge in [-0.1, -0.05) is 30.8 Å². The second kappa shape index (κ2) is 7.92. The summed E-state index contributed by atoms with van der Waals surface area (Å²) in [6.07, 6.45) is 2.26. The van der Waals surface area contributed by atoms with Crippen molar-refractivity contribution >= 4 is 40.0 Å². The van der Waals surface area contributed by atoms with Crippen molar-refractivity contribution in [2.24, 2.45) is 13.0 Å². The van der Waals surface area contributed by atoms with Crippen molar-refractivity contribution in [1.29, 1.82) is 0 Å². The van der Waals surface area contributed by atoms with Crippen LogP contribution in [0.15, 0.2) is 43.5 Å². The van der Waals surface area contributed by atoms with Crippen LogP contribution in [0.1, 0.15) is 19.8 Å². The molecule has 1 aliphatic heterocycles. The Bertz CT molecular complexity index is 1330. The molecule has 5 rings (SSSR count). The molecule has 31 heavy (non-hydrogen) atoms. The maximum atomic E-state index is 12.7. The number of fused-ring (bicyclic) bond motifs is 2. The zero-order chi connectivity index (χ0) is 21.5. The molecule has 1 N–H and O–H groups in total. The molecule has 162 valence electrons. The van der Waals surface area contributed by atoms with E-state index in [0.717, 1.165) is 36.6 Å². The molecule has 1 saturated heterocycles. The number of hydrogen-bond donors (Lipinski definition) is 1. The third kappa shape index (κ3) is 3.65. The number of aromatic amines is 1. The van der Waals surface area contributed by atoms with E-state index < -0.39 is 11.2 Å². The summed E-state index contributed by atoms with van der Waals surface area (Å²) in [4.78, 5) is 38.7. The van der Waals surface area contributed by atoms with Crippen LogP contribution in [0.4, 0.5) is 5.95 Å². The van der Waals surface area contributed by atoms with Crippen LogP contribution in [0.3, 0.4) is 0 Å². The third-order valence-corrected chi connectivity index (χ3v) is 6.55. The Morgan fingerprint density at radius 3 is 2.90 bits per heavy atom. The van der Waals surface area contributed by atoms with Crippen molar-refractivity contribution in [2.45, 2.75) is 31.5 Å². The predicted octanol–water partition coefficient (Wildman–Crippen LogP) is 2.59. The van der Waals surface area contributed by atoms with Crippen LogP contribution in [0.25, 0.3) is 22.3 Å². The highest BCUT2D eigenvalue weighted by Crippen LogP contribution is 2.27. The molecule has 10 heteroatoms. The number of nitrogens with one attached hydrogen (secondary N) is 1. The van der Waals surface area contributed by atoms with Crippen molar-refractivity contribution in [1.82, 2.24) is 24.1 Å². The van der Waals surface area contributed by atoms with E-state index in [0.29, 0.717) is 34.6 Å². The molecule has 1 aromatic carbocycles. The number of para-hydroxylation sites is 2. The first-order valence-electron chi connectivity index (χ1n) is 10.4. The van der Waals surface area contributed by atoms with Gasteiger partial charge in [0.05, 0.1) is 0 Å². The number of aromatic nitrogens is 5. The van der Waals surface area contributed by atoms with Gasteiger partial charge < -0.3 is 13.9 Å². The molecule has 3 aromatic heterocycles. The summed E-state index contributed by atoms with van der Waals surface area (Å²) in [6.45, 7) is 4.54. The number of anilines is 1. The van der Waals surface area contributed by atoms with Crippen LogP contribution in [0.2, 0.25) is 0 Å². The molecule has 4 aromatic rings. The van der Waals surface area contributed by atoms with Gasteiger partial charge in [-0.2, -0.15) is 4.98 Å². The molecule has 0 unspecified atom stereocenters. The fraction of sp³-hybridized carbons (Fsp3) is 0.429. The average Bonchev–Trinajstić information content (AvgIpc) is 3.34. The SMILES string of the molecule is C[C@@H]1CCCN(c2nc3c(c(=O)[nH]c(=O)n3C)n2CCSc2nc3ccccc3o2)C1. The Kier molecular flexibility index (Phi) is 5.09. The number of piperidine rings is 1. The van der Waals surface area contributed by atoms with Crippen molar-refractivity contribution < 1.29 is 4.42 Å². The molecular weight excluding hydrogens is 416 g/mol. The summed E-state index contributed by atoms with van der Waals surface area (Å²) in [7, 11) is 1.63. The topological polar surface area (TPSA) is 102 Å². The van der Waals surface area contributed by atoms with Gasteiger partial charge in [0, 0.05) is 32.4 Å². The highest BCUT2D eigenvalue weighted by molar-refractivity contribution is 7.99. The first kappa shape index (κ1) is 19.9. The summed E-state index contributed by atoms with van der Waals surface area (Å²) in [5, 5.41) is 0.597. The average molecular weight is 441 g/mol. The van der Waals surface area contributed by atoms with Crippen LogP contribution < -0.4 is 16.1 Å². The van der Waals surface area contributed by atoms with E-state index in [9.17, 15) is 9.59 Å². The summed E-state index contributed by atoms with van der Waals surface area (Å²) in [6, 6.07) is 7.66. The molecule has 0 amide bonds. The van der Waals surface area contributed by atoms with Gasteiger partial charge in [0.2, 0.25) is 5.95 Å². The number of H-pyrrole nitrogens is 1. The quantitative estimate of drug-likeness (QED) is 0.476. The third-order valence-electron chi connectivity index (χ3n) is 5.74. The first-order chi connectivity index (χ1) is 15.0. The zero-order valence-corrected chi connectivity index (χ0v) is 18.3. The molecule has 0 radical (unpaired) electrons. The normalized spacial score (nSPS) is 17.1. The fourth-order valence-corrected chi connectivity index (χ4v) is 4.94. The lowest BCUT2D eigenvalue weighted by Gasteiger charge is -2.32. The Labute approximate surface area is 182 Å². The molecule has 1 aliphatic rings. The van der Waals surface area contributed by atoms with Gasteiger partial charge in [-0.05, 0) is 30.9 Å². The summed E-state index contributed by atoms with van der Waals surface area (Å²) < 4.78 is 9.13. The standard InChI is InChI=1S/C21H24N6O3S/c1-13-6-5-9-26(12-13)19-23-17-16(18(28)24-20(29)25(17)2)27(19)10-11-31-21-22-14-7-3-4-8-15(14)30-21/h3-4,7-8,13H,5-6,9-12H2,1-2H3,(H,24,28,29)/t13-/m1/s1. The minimum absolute atomic E-state index is 0.409. The van der Waals surface area contributed by atoms with Gasteiger partial charge >= 0.3 is 5.69 Å². The molecule has 1 fully saturated rings. The Hall–Kier alpha value is -3.01. The second-order valence-electron chi connectivity index (χ2n) is 8.04. The van der Waals surface area contributed by atoms with Crippen molar-refractivity contribution in [3.8, 4) is 0 Å². The Morgan fingerprint density at radius 1 is 1.26 bits per heavy atom. The molecule has 0 saturated carbocycles. The predicted molar refractivity (Wildman–Crippen MR) is 121 cm³/mol.